The maximum Gasteiger partial charge on any atom is 0.233 e. The maximum absolute atomic E-state index is 11.3. The summed E-state index contributed by atoms with van der Waals surface area (Å²) in [5.74, 6) is -0.172. The molecule has 84 valence electrons. The minimum atomic E-state index is -0.562. The highest BCUT2D eigenvalue weighted by molar-refractivity contribution is 5.79. The molecule has 3 rings (SSSR count). The lowest BCUT2D eigenvalue weighted by molar-refractivity contribution is -0.243. The molecule has 1 aliphatic carbocycles. The number of fused-ring (bicyclic) bond motifs is 1. The fourth-order valence-corrected chi connectivity index (χ4v) is 3.23. The number of nitrogens with one attached hydrogen (secondary N) is 1. The first-order valence-corrected chi connectivity index (χ1v) is 5.81. The molecule has 2 heterocycles. The van der Waals surface area contributed by atoms with Gasteiger partial charge in [0.1, 0.15) is 5.78 Å². The van der Waals surface area contributed by atoms with E-state index in [9.17, 15) is 4.79 Å². The Balaban J connectivity index is 1.86. The number of ketones is 1. The second-order valence-corrected chi connectivity index (χ2v) is 4.81. The minimum Gasteiger partial charge on any atom is -0.335 e. The quantitative estimate of drug-likeness (QED) is 0.644. The molecule has 2 aliphatic heterocycles. The molecule has 0 aromatic heterocycles. The molecule has 4 heteroatoms. The van der Waals surface area contributed by atoms with Gasteiger partial charge < -0.3 is 9.47 Å². The number of carbonyl (C=O) groups is 1. The largest absolute Gasteiger partial charge is 0.335 e. The maximum atomic E-state index is 11.3. The van der Waals surface area contributed by atoms with E-state index in [1.165, 1.54) is 0 Å². The molecule has 4 nitrogen and oxygen atoms in total. The van der Waals surface area contributed by atoms with Crippen LogP contribution in [0.2, 0.25) is 0 Å². The van der Waals surface area contributed by atoms with Gasteiger partial charge in [-0.05, 0) is 19.3 Å². The second kappa shape index (κ2) is 3.27. The van der Waals surface area contributed by atoms with E-state index in [4.69, 9.17) is 9.47 Å². The molecule has 2 spiro atoms. The van der Waals surface area contributed by atoms with Gasteiger partial charge >= 0.3 is 0 Å². The lowest BCUT2D eigenvalue weighted by Gasteiger charge is -2.43. The summed E-state index contributed by atoms with van der Waals surface area (Å²) in [7, 11) is 0. The molecule has 2 saturated heterocycles. The van der Waals surface area contributed by atoms with Crippen LogP contribution in [0.4, 0.5) is 0 Å². The highest BCUT2D eigenvalue weighted by atomic mass is 16.8. The SMILES string of the molecule is O=C1CCC2(CCNC23OCCO3)CC1. The van der Waals surface area contributed by atoms with Crippen LogP contribution in [0, 0.1) is 5.41 Å². The van der Waals surface area contributed by atoms with Crippen molar-refractivity contribution in [1.29, 1.82) is 0 Å². The molecule has 15 heavy (non-hydrogen) atoms. The van der Waals surface area contributed by atoms with E-state index in [1.807, 2.05) is 0 Å². The Labute approximate surface area is 89.3 Å². The lowest BCUT2D eigenvalue weighted by atomic mass is 9.70. The summed E-state index contributed by atoms with van der Waals surface area (Å²) in [6.07, 6.45) is 4.28. The zero-order chi connectivity index (χ0) is 10.4. The monoisotopic (exact) mass is 211 g/mol. The van der Waals surface area contributed by atoms with Crippen LogP contribution in [-0.4, -0.2) is 31.5 Å². The fourth-order valence-electron chi connectivity index (χ4n) is 3.23. The van der Waals surface area contributed by atoms with Gasteiger partial charge in [0.25, 0.3) is 0 Å². The summed E-state index contributed by atoms with van der Waals surface area (Å²) >= 11 is 0. The van der Waals surface area contributed by atoms with Crippen molar-refractivity contribution in [3.8, 4) is 0 Å². The predicted octanol–water partition coefficient (Wildman–Crippen LogP) is 0.810. The van der Waals surface area contributed by atoms with E-state index in [-0.39, 0.29) is 5.41 Å². The molecule has 0 radical (unpaired) electrons. The Morgan fingerprint density at radius 2 is 1.73 bits per heavy atom. The number of carbonyl (C=O) groups excluding carboxylic acids is 1. The molecular formula is C11H17NO3. The molecule has 0 amide bonds. The summed E-state index contributed by atoms with van der Waals surface area (Å²) in [5, 5.41) is 3.35. The van der Waals surface area contributed by atoms with Crippen molar-refractivity contribution < 1.29 is 14.3 Å². The normalized spacial score (nSPS) is 32.9. The highest BCUT2D eigenvalue weighted by Crippen LogP contribution is 2.52. The van der Waals surface area contributed by atoms with E-state index in [2.05, 4.69) is 5.32 Å². The van der Waals surface area contributed by atoms with Crippen molar-refractivity contribution in [2.75, 3.05) is 19.8 Å². The lowest BCUT2D eigenvalue weighted by Crippen LogP contribution is -2.54. The van der Waals surface area contributed by atoms with Gasteiger partial charge in [0.05, 0.1) is 13.2 Å². The molecule has 0 atom stereocenters. The molecule has 3 fully saturated rings. The molecule has 0 unspecified atom stereocenters. The van der Waals surface area contributed by atoms with Crippen LogP contribution >= 0.6 is 0 Å². The predicted molar refractivity (Wildman–Crippen MR) is 53.2 cm³/mol. The van der Waals surface area contributed by atoms with E-state index in [0.29, 0.717) is 31.8 Å². The standard InChI is InChI=1S/C11H17NO3/c13-9-1-3-10(4-2-9)5-6-12-11(10)14-7-8-15-11/h12H,1-8H2. The summed E-state index contributed by atoms with van der Waals surface area (Å²) in [5.41, 5.74) is 0.0530. The van der Waals surface area contributed by atoms with Gasteiger partial charge in [-0.3, -0.25) is 10.1 Å². The van der Waals surface area contributed by atoms with Crippen LogP contribution < -0.4 is 5.32 Å². The van der Waals surface area contributed by atoms with E-state index >= 15 is 0 Å². The van der Waals surface area contributed by atoms with E-state index in [1.54, 1.807) is 0 Å². The van der Waals surface area contributed by atoms with Crippen molar-refractivity contribution >= 4 is 5.78 Å². The van der Waals surface area contributed by atoms with Crippen LogP contribution in [0.1, 0.15) is 32.1 Å². The zero-order valence-corrected chi connectivity index (χ0v) is 8.88. The second-order valence-electron chi connectivity index (χ2n) is 4.81. The minimum absolute atomic E-state index is 0.0530. The van der Waals surface area contributed by atoms with Gasteiger partial charge in [-0.15, -0.1) is 0 Å². The Bertz CT molecular complexity index is 268. The molecule has 0 bridgehead atoms. The van der Waals surface area contributed by atoms with E-state index < -0.39 is 5.91 Å². The number of Topliss-reactive ketones (excluding diaryl/α,β-unsaturated/α-hetero) is 1. The van der Waals surface area contributed by atoms with Crippen molar-refractivity contribution in [3.05, 3.63) is 0 Å². The first kappa shape index (κ1) is 9.75. The van der Waals surface area contributed by atoms with Gasteiger partial charge in [0.15, 0.2) is 0 Å². The van der Waals surface area contributed by atoms with Crippen molar-refractivity contribution in [3.63, 3.8) is 0 Å². The van der Waals surface area contributed by atoms with Gasteiger partial charge in [-0.2, -0.15) is 0 Å². The Morgan fingerprint density at radius 3 is 2.40 bits per heavy atom. The van der Waals surface area contributed by atoms with Gasteiger partial charge in [-0.1, -0.05) is 0 Å². The van der Waals surface area contributed by atoms with Crippen LogP contribution in [0.5, 0.6) is 0 Å². The average molecular weight is 211 g/mol. The first-order chi connectivity index (χ1) is 7.27. The van der Waals surface area contributed by atoms with Crippen LogP contribution in [-0.2, 0) is 14.3 Å². The number of hydrogen-bond acceptors (Lipinski definition) is 4. The smallest absolute Gasteiger partial charge is 0.233 e. The molecule has 3 aliphatic rings. The average Bonchev–Trinajstić information content (AvgIpc) is 2.83. The first-order valence-electron chi connectivity index (χ1n) is 5.81. The molecule has 1 saturated carbocycles. The van der Waals surface area contributed by atoms with Gasteiger partial charge in [0, 0.05) is 24.8 Å². The Kier molecular flexibility index (Phi) is 2.13. The van der Waals surface area contributed by atoms with E-state index in [0.717, 1.165) is 25.8 Å². The van der Waals surface area contributed by atoms with Gasteiger partial charge in [-0.25, -0.2) is 0 Å². The Hall–Kier alpha value is -0.450. The van der Waals surface area contributed by atoms with Gasteiger partial charge in [0.2, 0.25) is 5.91 Å². The third kappa shape index (κ3) is 1.28. The molecular weight excluding hydrogens is 194 g/mol. The highest BCUT2D eigenvalue weighted by Gasteiger charge is 2.59. The van der Waals surface area contributed by atoms with Crippen molar-refractivity contribution in [2.45, 2.75) is 38.0 Å². The zero-order valence-electron chi connectivity index (χ0n) is 8.88. The number of rotatable bonds is 0. The third-order valence-electron chi connectivity index (χ3n) is 4.12. The van der Waals surface area contributed by atoms with Crippen molar-refractivity contribution in [2.24, 2.45) is 5.41 Å². The summed E-state index contributed by atoms with van der Waals surface area (Å²) in [6.45, 7) is 2.28. The van der Waals surface area contributed by atoms with Crippen LogP contribution in [0.15, 0.2) is 0 Å². The molecule has 1 N–H and O–H groups in total. The summed E-state index contributed by atoms with van der Waals surface area (Å²) < 4.78 is 11.6. The number of hydrogen-bond donors (Lipinski definition) is 1. The molecule has 0 aromatic carbocycles. The Morgan fingerprint density at radius 1 is 1.07 bits per heavy atom. The number of ether oxygens (including phenoxy) is 2. The van der Waals surface area contributed by atoms with Crippen LogP contribution in [0.3, 0.4) is 0 Å². The summed E-state index contributed by atoms with van der Waals surface area (Å²) in [4.78, 5) is 11.3. The van der Waals surface area contributed by atoms with Crippen molar-refractivity contribution in [1.82, 2.24) is 5.32 Å². The third-order valence-corrected chi connectivity index (χ3v) is 4.12. The summed E-state index contributed by atoms with van der Waals surface area (Å²) in [6, 6.07) is 0. The molecule has 0 aromatic rings. The topological polar surface area (TPSA) is 47.6 Å². The fraction of sp³-hybridized carbons (Fsp3) is 0.909. The van der Waals surface area contributed by atoms with Crippen LogP contribution in [0.25, 0.3) is 0 Å².